The number of aromatic nitrogens is 2. The van der Waals surface area contributed by atoms with Crippen molar-refractivity contribution in [1.82, 2.24) is 15.3 Å². The van der Waals surface area contributed by atoms with Gasteiger partial charge in [0.2, 0.25) is 0 Å². The molecule has 1 aliphatic carbocycles. The average molecular weight is 347 g/mol. The van der Waals surface area contributed by atoms with Crippen LogP contribution in [-0.2, 0) is 0 Å². The Labute approximate surface area is 151 Å². The molecule has 2 fully saturated rings. The Morgan fingerprint density at radius 1 is 0.920 bits per heavy atom. The molecule has 0 spiro atoms. The van der Waals surface area contributed by atoms with Crippen molar-refractivity contribution in [3.63, 3.8) is 0 Å². The standard InChI is InChI=1S/C19H34N6/c1-18(2)10-14(11-19(3,4)25-18)24-17-15(20)16(21-12-22-17)23-13-8-6-5-7-9-13/h12-14,25H,5-11,20H2,1-4H3,(H2,21,22,23,24). The summed E-state index contributed by atoms with van der Waals surface area (Å²) >= 11 is 0. The lowest BCUT2D eigenvalue weighted by molar-refractivity contribution is 0.170. The molecule has 0 bridgehead atoms. The summed E-state index contributed by atoms with van der Waals surface area (Å²) in [5.74, 6) is 1.53. The van der Waals surface area contributed by atoms with Gasteiger partial charge < -0.3 is 21.7 Å². The van der Waals surface area contributed by atoms with Crippen LogP contribution in [0.25, 0.3) is 0 Å². The van der Waals surface area contributed by atoms with Crippen LogP contribution < -0.4 is 21.7 Å². The molecular weight excluding hydrogens is 312 g/mol. The smallest absolute Gasteiger partial charge is 0.155 e. The molecule has 2 aliphatic rings. The minimum absolute atomic E-state index is 0.0877. The summed E-state index contributed by atoms with van der Waals surface area (Å²) in [6.07, 6.45) is 9.98. The van der Waals surface area contributed by atoms with Crippen LogP contribution in [0.4, 0.5) is 17.3 Å². The van der Waals surface area contributed by atoms with Crippen molar-refractivity contribution in [3.05, 3.63) is 6.33 Å². The monoisotopic (exact) mass is 346 g/mol. The average Bonchev–Trinajstić information content (AvgIpc) is 2.49. The highest BCUT2D eigenvalue weighted by Gasteiger charge is 2.38. The van der Waals surface area contributed by atoms with E-state index in [1.165, 1.54) is 32.1 Å². The van der Waals surface area contributed by atoms with Gasteiger partial charge in [-0.15, -0.1) is 0 Å². The van der Waals surface area contributed by atoms with Gasteiger partial charge in [0.25, 0.3) is 0 Å². The molecule has 5 N–H and O–H groups in total. The second-order valence-corrected chi connectivity index (χ2v) is 9.11. The van der Waals surface area contributed by atoms with E-state index in [-0.39, 0.29) is 11.1 Å². The first-order valence-corrected chi connectivity index (χ1v) is 9.67. The van der Waals surface area contributed by atoms with Gasteiger partial charge in [0.15, 0.2) is 11.6 Å². The molecule has 1 saturated carbocycles. The van der Waals surface area contributed by atoms with Crippen molar-refractivity contribution in [2.75, 3.05) is 16.4 Å². The molecule has 6 nitrogen and oxygen atoms in total. The lowest BCUT2D eigenvalue weighted by Gasteiger charge is -2.46. The molecule has 0 radical (unpaired) electrons. The first kappa shape index (κ1) is 18.2. The molecule has 1 aromatic rings. The minimum atomic E-state index is 0.0877. The van der Waals surface area contributed by atoms with Crippen molar-refractivity contribution in [2.24, 2.45) is 0 Å². The second kappa shape index (κ2) is 6.98. The molecule has 0 unspecified atom stereocenters. The number of nitrogens with one attached hydrogen (secondary N) is 3. The third-order valence-corrected chi connectivity index (χ3v) is 5.36. The first-order valence-electron chi connectivity index (χ1n) is 9.67. The Balaban J connectivity index is 1.71. The lowest BCUT2D eigenvalue weighted by Crippen LogP contribution is -2.60. The van der Waals surface area contributed by atoms with Gasteiger partial charge in [0, 0.05) is 23.2 Å². The van der Waals surface area contributed by atoms with Gasteiger partial charge in [-0.3, -0.25) is 0 Å². The van der Waals surface area contributed by atoms with Crippen molar-refractivity contribution in [2.45, 2.75) is 95.8 Å². The summed E-state index contributed by atoms with van der Waals surface area (Å²) in [5, 5.41) is 10.8. The molecule has 6 heteroatoms. The van der Waals surface area contributed by atoms with Gasteiger partial charge >= 0.3 is 0 Å². The normalized spacial score (nSPS) is 24.0. The fraction of sp³-hybridized carbons (Fsp3) is 0.789. The maximum atomic E-state index is 6.39. The third kappa shape index (κ3) is 4.75. The summed E-state index contributed by atoms with van der Waals surface area (Å²) in [6, 6.07) is 0.821. The molecular formula is C19H34N6. The Morgan fingerprint density at radius 2 is 1.44 bits per heavy atom. The number of rotatable bonds is 4. The highest BCUT2D eigenvalue weighted by molar-refractivity contribution is 5.74. The fourth-order valence-corrected chi connectivity index (χ4v) is 4.68. The molecule has 3 rings (SSSR count). The van der Waals surface area contributed by atoms with E-state index in [4.69, 9.17) is 5.73 Å². The van der Waals surface area contributed by atoms with Crippen LogP contribution in [0, 0.1) is 0 Å². The van der Waals surface area contributed by atoms with Crippen LogP contribution >= 0.6 is 0 Å². The van der Waals surface area contributed by atoms with Gasteiger partial charge in [-0.05, 0) is 53.4 Å². The number of piperidine rings is 1. The van der Waals surface area contributed by atoms with Crippen LogP contribution in [-0.4, -0.2) is 33.1 Å². The lowest BCUT2D eigenvalue weighted by atomic mass is 9.79. The maximum absolute atomic E-state index is 6.39. The van der Waals surface area contributed by atoms with Crippen molar-refractivity contribution >= 4 is 17.3 Å². The molecule has 0 aromatic carbocycles. The number of hydrogen-bond acceptors (Lipinski definition) is 6. The number of nitrogens with two attached hydrogens (primary N) is 1. The van der Waals surface area contributed by atoms with Gasteiger partial charge in [0.1, 0.15) is 12.0 Å². The van der Waals surface area contributed by atoms with Gasteiger partial charge in [0.05, 0.1) is 0 Å². The Kier molecular flexibility index (Phi) is 5.09. The zero-order valence-electron chi connectivity index (χ0n) is 16.2. The maximum Gasteiger partial charge on any atom is 0.155 e. The minimum Gasteiger partial charge on any atom is -0.393 e. The number of nitrogens with zero attached hydrogens (tertiary/aromatic N) is 2. The summed E-state index contributed by atoms with van der Waals surface area (Å²) in [6.45, 7) is 9.01. The summed E-state index contributed by atoms with van der Waals surface area (Å²) in [5.41, 5.74) is 7.20. The topological polar surface area (TPSA) is 87.9 Å². The van der Waals surface area contributed by atoms with Crippen LogP contribution in [0.3, 0.4) is 0 Å². The van der Waals surface area contributed by atoms with Gasteiger partial charge in [-0.2, -0.15) is 0 Å². The predicted octanol–water partition coefficient (Wildman–Crippen LogP) is 3.52. The SMILES string of the molecule is CC1(C)CC(Nc2ncnc(NC3CCCCC3)c2N)CC(C)(C)N1. The Morgan fingerprint density at radius 3 is 2.00 bits per heavy atom. The highest BCUT2D eigenvalue weighted by Crippen LogP contribution is 2.33. The van der Waals surface area contributed by atoms with E-state index in [2.05, 4.69) is 53.6 Å². The van der Waals surface area contributed by atoms with Crippen LogP contribution in [0.15, 0.2) is 6.33 Å². The molecule has 140 valence electrons. The Bertz CT molecular complexity index is 576. The molecule has 0 amide bonds. The second-order valence-electron chi connectivity index (χ2n) is 9.11. The van der Waals surface area contributed by atoms with Crippen molar-refractivity contribution < 1.29 is 0 Å². The van der Waals surface area contributed by atoms with E-state index in [0.717, 1.165) is 24.5 Å². The molecule has 0 atom stereocenters. The molecule has 2 heterocycles. The summed E-state index contributed by atoms with van der Waals surface area (Å²) in [4.78, 5) is 8.80. The van der Waals surface area contributed by atoms with Crippen LogP contribution in [0.1, 0.15) is 72.6 Å². The number of anilines is 3. The van der Waals surface area contributed by atoms with Crippen LogP contribution in [0.5, 0.6) is 0 Å². The quantitative estimate of drug-likeness (QED) is 0.667. The van der Waals surface area contributed by atoms with E-state index in [0.29, 0.717) is 17.8 Å². The summed E-state index contributed by atoms with van der Waals surface area (Å²) in [7, 11) is 0. The Hall–Kier alpha value is -1.56. The van der Waals surface area contributed by atoms with E-state index < -0.39 is 0 Å². The van der Waals surface area contributed by atoms with E-state index in [9.17, 15) is 0 Å². The summed E-state index contributed by atoms with van der Waals surface area (Å²) < 4.78 is 0. The van der Waals surface area contributed by atoms with Gasteiger partial charge in [-0.1, -0.05) is 19.3 Å². The molecule has 1 saturated heterocycles. The highest BCUT2D eigenvalue weighted by atomic mass is 15.1. The number of hydrogen-bond donors (Lipinski definition) is 4. The van der Waals surface area contributed by atoms with Crippen molar-refractivity contribution in [3.8, 4) is 0 Å². The van der Waals surface area contributed by atoms with Gasteiger partial charge in [-0.25, -0.2) is 9.97 Å². The molecule has 1 aromatic heterocycles. The fourth-order valence-electron chi connectivity index (χ4n) is 4.68. The zero-order chi connectivity index (χ0) is 18.1. The first-order chi connectivity index (χ1) is 11.7. The largest absolute Gasteiger partial charge is 0.393 e. The number of nitrogen functional groups attached to an aromatic ring is 1. The van der Waals surface area contributed by atoms with Crippen LogP contribution in [0.2, 0.25) is 0 Å². The van der Waals surface area contributed by atoms with E-state index in [1.807, 2.05) is 0 Å². The molecule has 25 heavy (non-hydrogen) atoms. The third-order valence-electron chi connectivity index (χ3n) is 5.36. The van der Waals surface area contributed by atoms with E-state index in [1.54, 1.807) is 6.33 Å². The predicted molar refractivity (Wildman–Crippen MR) is 105 cm³/mol. The van der Waals surface area contributed by atoms with Crippen molar-refractivity contribution in [1.29, 1.82) is 0 Å². The van der Waals surface area contributed by atoms with E-state index >= 15 is 0 Å². The molecule has 1 aliphatic heterocycles. The zero-order valence-corrected chi connectivity index (χ0v) is 16.2.